The standard InChI is InChI=1S/C11H17N/c1-3-11(2)7-4-10(5-8-11)6-9-12/h6H,3-5,7-8H2,1-2H3. The molecule has 66 valence electrons. The van der Waals surface area contributed by atoms with Gasteiger partial charge >= 0.3 is 0 Å². The SMILES string of the molecule is CCC1(C)CCC(=CC#N)CC1. The van der Waals surface area contributed by atoms with Gasteiger partial charge in [0.1, 0.15) is 0 Å². The first kappa shape index (κ1) is 9.32. The fourth-order valence-electron chi connectivity index (χ4n) is 1.76. The summed E-state index contributed by atoms with van der Waals surface area (Å²) in [5.74, 6) is 0. The topological polar surface area (TPSA) is 23.8 Å². The second-order valence-electron chi connectivity index (χ2n) is 4.10. The van der Waals surface area contributed by atoms with Crippen molar-refractivity contribution in [1.29, 1.82) is 5.26 Å². The molecule has 0 heterocycles. The quantitative estimate of drug-likeness (QED) is 0.543. The molecular weight excluding hydrogens is 146 g/mol. The van der Waals surface area contributed by atoms with E-state index < -0.39 is 0 Å². The Morgan fingerprint density at radius 1 is 1.50 bits per heavy atom. The molecule has 0 amide bonds. The van der Waals surface area contributed by atoms with Crippen molar-refractivity contribution in [3.63, 3.8) is 0 Å². The molecule has 0 aromatic carbocycles. The lowest BCUT2D eigenvalue weighted by molar-refractivity contribution is 0.236. The summed E-state index contributed by atoms with van der Waals surface area (Å²) in [7, 11) is 0. The minimum Gasteiger partial charge on any atom is -0.193 e. The van der Waals surface area contributed by atoms with E-state index in [1.54, 1.807) is 6.08 Å². The summed E-state index contributed by atoms with van der Waals surface area (Å²) in [6.45, 7) is 4.62. The van der Waals surface area contributed by atoms with Crippen LogP contribution < -0.4 is 0 Å². The molecular formula is C11H17N. The Hall–Kier alpha value is -0.770. The third kappa shape index (κ3) is 2.11. The van der Waals surface area contributed by atoms with Gasteiger partial charge in [0.05, 0.1) is 6.07 Å². The Kier molecular flexibility index (Phi) is 2.92. The molecule has 1 aliphatic carbocycles. The maximum absolute atomic E-state index is 8.48. The average Bonchev–Trinajstić information content (AvgIpc) is 2.10. The van der Waals surface area contributed by atoms with Crippen LogP contribution in [0.3, 0.4) is 0 Å². The summed E-state index contributed by atoms with van der Waals surface area (Å²) in [5, 5.41) is 8.48. The summed E-state index contributed by atoms with van der Waals surface area (Å²) in [5.41, 5.74) is 1.90. The van der Waals surface area contributed by atoms with Crippen LogP contribution in [0.15, 0.2) is 11.6 Å². The van der Waals surface area contributed by atoms with Gasteiger partial charge in [-0.3, -0.25) is 0 Å². The van der Waals surface area contributed by atoms with Crippen LogP contribution in [0.5, 0.6) is 0 Å². The fraction of sp³-hybridized carbons (Fsp3) is 0.727. The van der Waals surface area contributed by atoms with Gasteiger partial charge in [0.2, 0.25) is 0 Å². The van der Waals surface area contributed by atoms with Crippen molar-refractivity contribution in [1.82, 2.24) is 0 Å². The largest absolute Gasteiger partial charge is 0.193 e. The molecule has 0 spiro atoms. The predicted molar refractivity (Wildman–Crippen MR) is 50.6 cm³/mol. The monoisotopic (exact) mass is 163 g/mol. The summed E-state index contributed by atoms with van der Waals surface area (Å²) in [4.78, 5) is 0. The third-order valence-electron chi connectivity index (χ3n) is 3.22. The molecule has 0 aliphatic heterocycles. The lowest BCUT2D eigenvalue weighted by Crippen LogP contribution is -2.19. The van der Waals surface area contributed by atoms with Gasteiger partial charge in [-0.1, -0.05) is 25.8 Å². The molecule has 0 saturated heterocycles. The molecule has 1 fully saturated rings. The van der Waals surface area contributed by atoms with E-state index >= 15 is 0 Å². The zero-order valence-corrected chi connectivity index (χ0v) is 8.06. The van der Waals surface area contributed by atoms with E-state index in [2.05, 4.69) is 19.9 Å². The predicted octanol–water partition coefficient (Wildman–Crippen LogP) is 3.43. The Morgan fingerprint density at radius 3 is 2.50 bits per heavy atom. The Labute approximate surface area is 75.1 Å². The second kappa shape index (κ2) is 3.76. The van der Waals surface area contributed by atoms with Crippen molar-refractivity contribution in [3.05, 3.63) is 11.6 Å². The first-order valence-electron chi connectivity index (χ1n) is 4.78. The Bertz CT molecular complexity index is 210. The van der Waals surface area contributed by atoms with Gasteiger partial charge in [0, 0.05) is 6.08 Å². The maximum Gasteiger partial charge on any atom is 0.0911 e. The van der Waals surface area contributed by atoms with Gasteiger partial charge in [-0.05, 0) is 31.1 Å². The van der Waals surface area contributed by atoms with E-state index in [9.17, 15) is 0 Å². The van der Waals surface area contributed by atoms with Gasteiger partial charge in [-0.2, -0.15) is 5.26 Å². The molecule has 1 rings (SSSR count). The van der Waals surface area contributed by atoms with Crippen molar-refractivity contribution in [2.75, 3.05) is 0 Å². The molecule has 12 heavy (non-hydrogen) atoms. The first-order chi connectivity index (χ1) is 5.70. The molecule has 0 N–H and O–H groups in total. The maximum atomic E-state index is 8.48. The molecule has 0 atom stereocenters. The van der Waals surface area contributed by atoms with Gasteiger partial charge in [-0.15, -0.1) is 0 Å². The number of nitriles is 1. The fourth-order valence-corrected chi connectivity index (χ4v) is 1.76. The highest BCUT2D eigenvalue weighted by Crippen LogP contribution is 2.40. The van der Waals surface area contributed by atoms with Gasteiger partial charge in [-0.25, -0.2) is 0 Å². The van der Waals surface area contributed by atoms with Crippen molar-refractivity contribution in [3.8, 4) is 6.07 Å². The van der Waals surface area contributed by atoms with Gasteiger partial charge in [0.25, 0.3) is 0 Å². The molecule has 0 aromatic heterocycles. The lowest BCUT2D eigenvalue weighted by Gasteiger charge is -2.33. The normalized spacial score (nSPS) is 29.6. The highest BCUT2D eigenvalue weighted by molar-refractivity contribution is 5.15. The van der Waals surface area contributed by atoms with Crippen LogP contribution >= 0.6 is 0 Å². The van der Waals surface area contributed by atoms with Crippen LogP contribution in [0.25, 0.3) is 0 Å². The second-order valence-corrected chi connectivity index (χ2v) is 4.10. The summed E-state index contributed by atoms with van der Waals surface area (Å²) < 4.78 is 0. The average molecular weight is 163 g/mol. The Balaban J connectivity index is 2.51. The van der Waals surface area contributed by atoms with E-state index in [0.29, 0.717) is 5.41 Å². The van der Waals surface area contributed by atoms with Crippen molar-refractivity contribution < 1.29 is 0 Å². The van der Waals surface area contributed by atoms with Gasteiger partial charge < -0.3 is 0 Å². The highest BCUT2D eigenvalue weighted by Gasteiger charge is 2.26. The van der Waals surface area contributed by atoms with Crippen LogP contribution in [0.1, 0.15) is 46.0 Å². The number of hydrogen-bond acceptors (Lipinski definition) is 1. The zero-order chi connectivity index (χ0) is 9.03. The number of nitrogens with zero attached hydrogens (tertiary/aromatic N) is 1. The molecule has 0 aromatic rings. The lowest BCUT2D eigenvalue weighted by atomic mass is 9.72. The summed E-state index contributed by atoms with van der Waals surface area (Å²) in [6, 6.07) is 2.12. The van der Waals surface area contributed by atoms with Crippen LogP contribution in [-0.4, -0.2) is 0 Å². The van der Waals surface area contributed by atoms with Crippen LogP contribution in [0.4, 0.5) is 0 Å². The van der Waals surface area contributed by atoms with E-state index in [0.717, 1.165) is 12.8 Å². The Morgan fingerprint density at radius 2 is 2.08 bits per heavy atom. The van der Waals surface area contributed by atoms with Gasteiger partial charge in [0.15, 0.2) is 0 Å². The summed E-state index contributed by atoms with van der Waals surface area (Å²) >= 11 is 0. The van der Waals surface area contributed by atoms with E-state index in [1.807, 2.05) is 0 Å². The minimum atomic E-state index is 0.548. The van der Waals surface area contributed by atoms with Crippen LogP contribution in [-0.2, 0) is 0 Å². The number of hydrogen-bond donors (Lipinski definition) is 0. The molecule has 1 saturated carbocycles. The number of rotatable bonds is 1. The molecule has 1 aliphatic rings. The van der Waals surface area contributed by atoms with Crippen molar-refractivity contribution in [2.24, 2.45) is 5.41 Å². The van der Waals surface area contributed by atoms with Crippen LogP contribution in [0, 0.1) is 16.7 Å². The smallest absolute Gasteiger partial charge is 0.0911 e. The van der Waals surface area contributed by atoms with E-state index in [-0.39, 0.29) is 0 Å². The van der Waals surface area contributed by atoms with E-state index in [1.165, 1.54) is 24.8 Å². The third-order valence-corrected chi connectivity index (χ3v) is 3.22. The molecule has 1 nitrogen and oxygen atoms in total. The molecule has 0 radical (unpaired) electrons. The highest BCUT2D eigenvalue weighted by atomic mass is 14.3. The minimum absolute atomic E-state index is 0.548. The van der Waals surface area contributed by atoms with E-state index in [4.69, 9.17) is 5.26 Å². The summed E-state index contributed by atoms with van der Waals surface area (Å²) in [6.07, 6.45) is 7.80. The van der Waals surface area contributed by atoms with Crippen molar-refractivity contribution in [2.45, 2.75) is 46.0 Å². The molecule has 0 unspecified atom stereocenters. The molecule has 0 bridgehead atoms. The van der Waals surface area contributed by atoms with Crippen molar-refractivity contribution >= 4 is 0 Å². The number of allylic oxidation sites excluding steroid dienone is 2. The zero-order valence-electron chi connectivity index (χ0n) is 8.06. The van der Waals surface area contributed by atoms with Crippen LogP contribution in [0.2, 0.25) is 0 Å². The molecule has 1 heteroatoms. The first-order valence-corrected chi connectivity index (χ1v) is 4.78.